The zero-order chi connectivity index (χ0) is 15.2. The number of aliphatic hydroxyl groups is 1. The van der Waals surface area contributed by atoms with Crippen LogP contribution < -0.4 is 5.32 Å². The molecule has 2 aromatic carbocycles. The summed E-state index contributed by atoms with van der Waals surface area (Å²) in [6.45, 7) is -0.255. The van der Waals surface area contributed by atoms with Gasteiger partial charge in [-0.2, -0.15) is 0 Å². The number of hydrogen-bond donors (Lipinski definition) is 2. The Morgan fingerprint density at radius 2 is 1.48 bits per heavy atom. The number of nitrogens with one attached hydrogen (secondary N) is 1. The summed E-state index contributed by atoms with van der Waals surface area (Å²) in [4.78, 5) is 0. The van der Waals surface area contributed by atoms with E-state index in [1.54, 1.807) is 12.1 Å². The van der Waals surface area contributed by atoms with Crippen molar-refractivity contribution in [3.05, 3.63) is 71.5 Å². The predicted molar refractivity (Wildman–Crippen MR) is 74.7 cm³/mol. The van der Waals surface area contributed by atoms with Crippen LogP contribution >= 0.6 is 0 Å². The molecular formula is C16H16F3NO. The maximum absolute atomic E-state index is 13.0. The minimum absolute atomic E-state index is 0.255. The Balaban J connectivity index is 2.20. The third-order valence-corrected chi connectivity index (χ3v) is 3.16. The van der Waals surface area contributed by atoms with Gasteiger partial charge in [0.05, 0.1) is 6.04 Å². The highest BCUT2D eigenvalue weighted by molar-refractivity contribution is 5.31. The van der Waals surface area contributed by atoms with Crippen LogP contribution in [-0.4, -0.2) is 24.2 Å². The molecule has 2 rings (SSSR count). The molecule has 0 aromatic heterocycles. The molecule has 0 aliphatic carbocycles. The van der Waals surface area contributed by atoms with Gasteiger partial charge in [-0.05, 0) is 23.3 Å². The molecule has 0 bridgehead atoms. The van der Waals surface area contributed by atoms with Gasteiger partial charge in [0.1, 0.15) is 11.9 Å². The van der Waals surface area contributed by atoms with Crippen LogP contribution in [0.15, 0.2) is 54.6 Å². The molecule has 2 N–H and O–H groups in total. The van der Waals surface area contributed by atoms with Gasteiger partial charge in [0.25, 0.3) is 6.43 Å². The van der Waals surface area contributed by atoms with E-state index < -0.39 is 12.5 Å². The minimum Gasteiger partial charge on any atom is -0.386 e. The predicted octanol–water partition coefficient (Wildman–Crippen LogP) is 3.13. The normalized spacial score (nSPS) is 14.1. The Morgan fingerprint density at radius 1 is 0.905 bits per heavy atom. The van der Waals surface area contributed by atoms with Crippen molar-refractivity contribution in [1.82, 2.24) is 5.32 Å². The van der Waals surface area contributed by atoms with Crippen LogP contribution in [0.1, 0.15) is 17.2 Å². The fraction of sp³-hybridized carbons (Fsp3) is 0.250. The summed E-state index contributed by atoms with van der Waals surface area (Å²) in [5.74, 6) is -0.363. The zero-order valence-corrected chi connectivity index (χ0v) is 11.2. The third-order valence-electron chi connectivity index (χ3n) is 3.16. The number of alkyl halides is 2. The Bertz CT molecular complexity index is 545. The van der Waals surface area contributed by atoms with E-state index in [1.807, 2.05) is 30.3 Å². The summed E-state index contributed by atoms with van der Waals surface area (Å²) in [6.07, 6.45) is -4.54. The SMILES string of the molecule is OC(CNC(c1ccccc1)c1ccc(F)cc1)C(F)F. The van der Waals surface area contributed by atoms with Crippen molar-refractivity contribution in [2.45, 2.75) is 18.6 Å². The largest absolute Gasteiger partial charge is 0.386 e. The highest BCUT2D eigenvalue weighted by Crippen LogP contribution is 2.22. The number of rotatable bonds is 6. The second kappa shape index (κ2) is 7.24. The van der Waals surface area contributed by atoms with Crippen molar-refractivity contribution in [3.63, 3.8) is 0 Å². The Labute approximate surface area is 121 Å². The van der Waals surface area contributed by atoms with E-state index >= 15 is 0 Å². The van der Waals surface area contributed by atoms with E-state index in [1.165, 1.54) is 12.1 Å². The molecule has 2 aromatic rings. The van der Waals surface area contributed by atoms with Gasteiger partial charge in [0, 0.05) is 6.54 Å². The first-order valence-corrected chi connectivity index (χ1v) is 6.58. The van der Waals surface area contributed by atoms with E-state index in [0.29, 0.717) is 0 Å². The van der Waals surface area contributed by atoms with Crippen LogP contribution in [0.3, 0.4) is 0 Å². The average molecular weight is 295 g/mol. The lowest BCUT2D eigenvalue weighted by Crippen LogP contribution is -2.34. The highest BCUT2D eigenvalue weighted by Gasteiger charge is 2.20. The van der Waals surface area contributed by atoms with Crippen LogP contribution in [0.2, 0.25) is 0 Å². The zero-order valence-electron chi connectivity index (χ0n) is 11.2. The third kappa shape index (κ3) is 4.31. The van der Waals surface area contributed by atoms with Crippen molar-refractivity contribution in [1.29, 1.82) is 0 Å². The number of aliphatic hydroxyl groups excluding tert-OH is 1. The molecule has 0 saturated heterocycles. The molecule has 0 spiro atoms. The smallest absolute Gasteiger partial charge is 0.265 e. The molecule has 2 unspecified atom stereocenters. The molecule has 0 saturated carbocycles. The molecular weight excluding hydrogens is 279 g/mol. The number of hydrogen-bond acceptors (Lipinski definition) is 2. The van der Waals surface area contributed by atoms with Crippen molar-refractivity contribution >= 4 is 0 Å². The maximum atomic E-state index is 13.0. The van der Waals surface area contributed by atoms with E-state index in [-0.39, 0.29) is 18.4 Å². The lowest BCUT2D eigenvalue weighted by Gasteiger charge is -2.21. The molecule has 0 aliphatic rings. The van der Waals surface area contributed by atoms with Crippen LogP contribution in [0.5, 0.6) is 0 Å². The molecule has 21 heavy (non-hydrogen) atoms. The van der Waals surface area contributed by atoms with Crippen molar-refractivity contribution in [3.8, 4) is 0 Å². The summed E-state index contributed by atoms with van der Waals surface area (Å²) in [7, 11) is 0. The maximum Gasteiger partial charge on any atom is 0.265 e. The summed E-state index contributed by atoms with van der Waals surface area (Å²) in [6, 6.07) is 14.6. The quantitative estimate of drug-likeness (QED) is 0.858. The van der Waals surface area contributed by atoms with E-state index in [2.05, 4.69) is 5.32 Å². The first-order valence-electron chi connectivity index (χ1n) is 6.58. The molecule has 2 nitrogen and oxygen atoms in total. The minimum atomic E-state index is -2.80. The van der Waals surface area contributed by atoms with Gasteiger partial charge in [-0.3, -0.25) is 0 Å². The summed E-state index contributed by atoms with van der Waals surface area (Å²) >= 11 is 0. The van der Waals surface area contributed by atoms with Crippen molar-refractivity contribution in [2.75, 3.05) is 6.54 Å². The summed E-state index contributed by atoms with van der Waals surface area (Å²) < 4.78 is 37.8. The fourth-order valence-corrected chi connectivity index (χ4v) is 2.06. The first kappa shape index (κ1) is 15.5. The van der Waals surface area contributed by atoms with Gasteiger partial charge in [-0.25, -0.2) is 13.2 Å². The van der Waals surface area contributed by atoms with Crippen LogP contribution in [0, 0.1) is 5.82 Å². The summed E-state index contributed by atoms with van der Waals surface area (Å²) in [5, 5.41) is 12.1. The summed E-state index contributed by atoms with van der Waals surface area (Å²) in [5.41, 5.74) is 1.59. The first-order chi connectivity index (χ1) is 10.1. The molecule has 0 amide bonds. The highest BCUT2D eigenvalue weighted by atomic mass is 19.3. The standard InChI is InChI=1S/C16H16F3NO/c17-13-8-6-12(7-9-13)15(11-4-2-1-3-5-11)20-10-14(21)16(18)19/h1-9,14-16,20-21H,10H2. The van der Waals surface area contributed by atoms with Crippen LogP contribution in [0.25, 0.3) is 0 Å². The fourth-order valence-electron chi connectivity index (χ4n) is 2.06. The van der Waals surface area contributed by atoms with E-state index in [9.17, 15) is 18.3 Å². The monoisotopic (exact) mass is 295 g/mol. The van der Waals surface area contributed by atoms with E-state index in [0.717, 1.165) is 11.1 Å². The molecule has 112 valence electrons. The molecule has 0 fully saturated rings. The van der Waals surface area contributed by atoms with E-state index in [4.69, 9.17) is 0 Å². The Kier molecular flexibility index (Phi) is 5.36. The average Bonchev–Trinajstić information content (AvgIpc) is 2.50. The molecule has 0 heterocycles. The Hall–Kier alpha value is -1.85. The lowest BCUT2D eigenvalue weighted by atomic mass is 9.98. The Morgan fingerprint density at radius 3 is 2.05 bits per heavy atom. The van der Waals surface area contributed by atoms with Crippen LogP contribution in [0.4, 0.5) is 13.2 Å². The number of halogens is 3. The van der Waals surface area contributed by atoms with Crippen molar-refractivity contribution < 1.29 is 18.3 Å². The van der Waals surface area contributed by atoms with Gasteiger partial charge < -0.3 is 10.4 Å². The molecule has 0 aliphatic heterocycles. The van der Waals surface area contributed by atoms with Gasteiger partial charge in [0.15, 0.2) is 0 Å². The van der Waals surface area contributed by atoms with Crippen molar-refractivity contribution in [2.24, 2.45) is 0 Å². The van der Waals surface area contributed by atoms with Gasteiger partial charge in [-0.15, -0.1) is 0 Å². The number of benzene rings is 2. The molecule has 2 atom stereocenters. The topological polar surface area (TPSA) is 32.3 Å². The van der Waals surface area contributed by atoms with Gasteiger partial charge in [0.2, 0.25) is 0 Å². The second-order valence-corrected chi connectivity index (χ2v) is 4.71. The van der Waals surface area contributed by atoms with Gasteiger partial charge >= 0.3 is 0 Å². The second-order valence-electron chi connectivity index (χ2n) is 4.71. The lowest BCUT2D eigenvalue weighted by molar-refractivity contribution is -0.00411. The van der Waals surface area contributed by atoms with Crippen LogP contribution in [-0.2, 0) is 0 Å². The molecule has 0 radical (unpaired) electrons. The van der Waals surface area contributed by atoms with Gasteiger partial charge in [-0.1, -0.05) is 42.5 Å². The molecule has 5 heteroatoms.